The third kappa shape index (κ3) is 5.18. The molecule has 1 heterocycles. The van der Waals surface area contributed by atoms with Crippen molar-refractivity contribution in [3.8, 4) is 17.2 Å². The normalized spacial score (nSPS) is 10.9. The number of carbonyl (C=O) groups is 1. The Bertz CT molecular complexity index is 1250. The number of aromatic nitrogens is 1. The highest BCUT2D eigenvalue weighted by Crippen LogP contribution is 2.27. The van der Waals surface area contributed by atoms with E-state index in [1.165, 1.54) is 0 Å². The topological polar surface area (TPSA) is 40.5 Å². The highest BCUT2D eigenvalue weighted by Gasteiger charge is 2.08. The number of allylic oxidation sites excluding steroid dienone is 1. The van der Waals surface area contributed by atoms with Gasteiger partial charge in [0.1, 0.15) is 18.1 Å². The molecule has 0 aliphatic heterocycles. The molecule has 0 amide bonds. The average Bonchev–Trinajstić information content (AvgIpc) is 3.37. The number of para-hydroxylation sites is 1. The van der Waals surface area contributed by atoms with E-state index >= 15 is 0 Å². The van der Waals surface area contributed by atoms with Crippen molar-refractivity contribution in [1.29, 1.82) is 0 Å². The lowest BCUT2D eigenvalue weighted by molar-refractivity contribution is 0.104. The number of hydrogen-bond donors (Lipinski definition) is 0. The van der Waals surface area contributed by atoms with Gasteiger partial charge in [0.15, 0.2) is 5.78 Å². The largest absolute Gasteiger partial charge is 0.496 e. The molecule has 0 atom stereocenters. The molecule has 0 saturated carbocycles. The van der Waals surface area contributed by atoms with Crippen LogP contribution in [0.5, 0.6) is 11.5 Å². The molecule has 4 nitrogen and oxygen atoms in total. The lowest BCUT2D eigenvalue weighted by Gasteiger charge is -2.12. The van der Waals surface area contributed by atoms with Crippen molar-refractivity contribution in [2.45, 2.75) is 6.61 Å². The molecular weight excluding hydrogens is 466 g/mol. The molecule has 0 radical (unpaired) electrons. The molecule has 0 bridgehead atoms. The summed E-state index contributed by atoms with van der Waals surface area (Å²) in [6.45, 7) is 0.348. The molecule has 0 aliphatic carbocycles. The SMILES string of the molecule is COc1ccc(/C=C/C(=O)c2cccc(-n3cccc3)c2)cc1COc1ccccc1Br. The van der Waals surface area contributed by atoms with E-state index in [4.69, 9.17) is 9.47 Å². The van der Waals surface area contributed by atoms with Gasteiger partial charge < -0.3 is 14.0 Å². The molecule has 0 fully saturated rings. The first-order valence-electron chi connectivity index (χ1n) is 10.1. The van der Waals surface area contributed by atoms with E-state index in [0.717, 1.165) is 32.8 Å². The fourth-order valence-corrected chi connectivity index (χ4v) is 3.73. The number of carbonyl (C=O) groups excluding carboxylic acids is 1. The van der Waals surface area contributed by atoms with Crippen LogP contribution >= 0.6 is 15.9 Å². The Labute approximate surface area is 195 Å². The second kappa shape index (κ2) is 10.2. The van der Waals surface area contributed by atoms with E-state index in [1.807, 2.05) is 102 Å². The zero-order valence-electron chi connectivity index (χ0n) is 17.6. The first-order valence-corrected chi connectivity index (χ1v) is 10.9. The zero-order valence-corrected chi connectivity index (χ0v) is 19.2. The van der Waals surface area contributed by atoms with Crippen LogP contribution in [-0.2, 0) is 6.61 Å². The smallest absolute Gasteiger partial charge is 0.185 e. The van der Waals surface area contributed by atoms with Gasteiger partial charge in [-0.05, 0) is 76.1 Å². The summed E-state index contributed by atoms with van der Waals surface area (Å²) in [4.78, 5) is 12.7. The van der Waals surface area contributed by atoms with Crippen LogP contribution in [0.1, 0.15) is 21.5 Å². The Morgan fingerprint density at radius 2 is 1.75 bits per heavy atom. The number of nitrogens with zero attached hydrogens (tertiary/aromatic N) is 1. The monoisotopic (exact) mass is 487 g/mol. The number of rotatable bonds is 8. The van der Waals surface area contributed by atoms with Crippen LogP contribution in [0.25, 0.3) is 11.8 Å². The summed E-state index contributed by atoms with van der Waals surface area (Å²) in [6.07, 6.45) is 7.31. The molecule has 0 spiro atoms. The maximum atomic E-state index is 12.7. The first-order chi connectivity index (χ1) is 15.6. The van der Waals surface area contributed by atoms with Gasteiger partial charge in [-0.3, -0.25) is 4.79 Å². The van der Waals surface area contributed by atoms with Crippen molar-refractivity contribution in [3.05, 3.63) is 118 Å². The van der Waals surface area contributed by atoms with E-state index in [1.54, 1.807) is 13.2 Å². The van der Waals surface area contributed by atoms with Crippen molar-refractivity contribution in [2.24, 2.45) is 0 Å². The van der Waals surface area contributed by atoms with Crippen molar-refractivity contribution in [1.82, 2.24) is 4.57 Å². The van der Waals surface area contributed by atoms with E-state index < -0.39 is 0 Å². The van der Waals surface area contributed by atoms with Crippen LogP contribution in [0.3, 0.4) is 0 Å². The maximum Gasteiger partial charge on any atom is 0.185 e. The molecule has 0 saturated heterocycles. The van der Waals surface area contributed by atoms with Gasteiger partial charge in [0.25, 0.3) is 0 Å². The highest BCUT2D eigenvalue weighted by molar-refractivity contribution is 9.10. The number of methoxy groups -OCH3 is 1. The van der Waals surface area contributed by atoms with E-state index in [9.17, 15) is 4.79 Å². The van der Waals surface area contributed by atoms with Crippen LogP contribution in [0.15, 0.2) is 102 Å². The van der Waals surface area contributed by atoms with Gasteiger partial charge in [-0.15, -0.1) is 0 Å². The Morgan fingerprint density at radius 3 is 2.53 bits per heavy atom. The Hall–Kier alpha value is -3.57. The minimum absolute atomic E-state index is 0.0548. The maximum absolute atomic E-state index is 12.7. The molecule has 0 unspecified atom stereocenters. The summed E-state index contributed by atoms with van der Waals surface area (Å²) < 4.78 is 14.3. The van der Waals surface area contributed by atoms with Crippen molar-refractivity contribution < 1.29 is 14.3 Å². The van der Waals surface area contributed by atoms with Gasteiger partial charge in [0, 0.05) is 29.2 Å². The molecule has 4 rings (SSSR count). The Morgan fingerprint density at radius 1 is 0.938 bits per heavy atom. The molecule has 32 heavy (non-hydrogen) atoms. The van der Waals surface area contributed by atoms with Crippen LogP contribution in [-0.4, -0.2) is 17.5 Å². The fraction of sp³-hybridized carbons (Fsp3) is 0.0741. The first kappa shape index (κ1) is 21.7. The highest BCUT2D eigenvalue weighted by atomic mass is 79.9. The minimum atomic E-state index is -0.0548. The van der Waals surface area contributed by atoms with E-state index in [0.29, 0.717) is 12.2 Å². The fourth-order valence-electron chi connectivity index (χ4n) is 3.33. The molecule has 0 N–H and O–H groups in total. The number of ether oxygens (including phenoxy) is 2. The molecule has 5 heteroatoms. The number of halogens is 1. The summed E-state index contributed by atoms with van der Waals surface area (Å²) >= 11 is 3.49. The zero-order chi connectivity index (χ0) is 22.3. The van der Waals surface area contributed by atoms with Gasteiger partial charge in [-0.1, -0.05) is 36.4 Å². The van der Waals surface area contributed by atoms with Crippen LogP contribution < -0.4 is 9.47 Å². The molecule has 4 aromatic rings. The van der Waals surface area contributed by atoms with Gasteiger partial charge in [-0.25, -0.2) is 0 Å². The quantitative estimate of drug-likeness (QED) is 0.204. The van der Waals surface area contributed by atoms with Gasteiger partial charge in [0.05, 0.1) is 11.6 Å². The minimum Gasteiger partial charge on any atom is -0.496 e. The summed E-state index contributed by atoms with van der Waals surface area (Å²) in [5, 5.41) is 0. The third-order valence-corrected chi connectivity index (χ3v) is 5.64. The molecule has 3 aromatic carbocycles. The van der Waals surface area contributed by atoms with Gasteiger partial charge in [0.2, 0.25) is 0 Å². The predicted molar refractivity (Wildman–Crippen MR) is 131 cm³/mol. The number of ketones is 1. The summed E-state index contributed by atoms with van der Waals surface area (Å²) in [5.41, 5.74) is 3.38. The van der Waals surface area contributed by atoms with E-state index in [-0.39, 0.29) is 5.78 Å². The average molecular weight is 488 g/mol. The van der Waals surface area contributed by atoms with Crippen molar-refractivity contribution in [2.75, 3.05) is 7.11 Å². The molecular formula is C27H22BrNO3. The molecule has 0 aliphatic rings. The molecule has 160 valence electrons. The van der Waals surface area contributed by atoms with Crippen LogP contribution in [0.2, 0.25) is 0 Å². The van der Waals surface area contributed by atoms with Crippen LogP contribution in [0, 0.1) is 0 Å². The van der Waals surface area contributed by atoms with Crippen molar-refractivity contribution >= 4 is 27.8 Å². The Kier molecular flexibility index (Phi) is 6.87. The second-order valence-electron chi connectivity index (χ2n) is 7.13. The van der Waals surface area contributed by atoms with Gasteiger partial charge >= 0.3 is 0 Å². The number of hydrogen-bond acceptors (Lipinski definition) is 3. The molecule has 1 aromatic heterocycles. The lowest BCUT2D eigenvalue weighted by atomic mass is 10.1. The van der Waals surface area contributed by atoms with Crippen molar-refractivity contribution in [3.63, 3.8) is 0 Å². The Balaban J connectivity index is 1.50. The lowest BCUT2D eigenvalue weighted by Crippen LogP contribution is -2.00. The van der Waals surface area contributed by atoms with Gasteiger partial charge in [-0.2, -0.15) is 0 Å². The summed E-state index contributed by atoms with van der Waals surface area (Å²) in [7, 11) is 1.63. The third-order valence-electron chi connectivity index (χ3n) is 4.98. The summed E-state index contributed by atoms with van der Waals surface area (Å²) in [5.74, 6) is 1.44. The standard InChI is InChI=1S/C27H22BrNO3/c1-31-26-14-12-20(17-22(26)19-32-27-10-3-2-9-24(27)28)11-13-25(30)21-7-6-8-23(18-21)29-15-4-5-16-29/h2-18H,19H2,1H3/b13-11+. The summed E-state index contributed by atoms with van der Waals surface area (Å²) in [6, 6.07) is 25.0. The second-order valence-corrected chi connectivity index (χ2v) is 7.98. The van der Waals surface area contributed by atoms with Crippen LogP contribution in [0.4, 0.5) is 0 Å². The van der Waals surface area contributed by atoms with E-state index in [2.05, 4.69) is 15.9 Å². The predicted octanol–water partition coefficient (Wildman–Crippen LogP) is 6.72. The number of benzene rings is 3.